The summed E-state index contributed by atoms with van der Waals surface area (Å²) in [6.07, 6.45) is 4.38. The van der Waals surface area contributed by atoms with Crippen molar-refractivity contribution in [1.82, 2.24) is 19.4 Å². The van der Waals surface area contributed by atoms with Gasteiger partial charge >= 0.3 is 0 Å². The number of anilines is 2. The molecule has 0 atom stereocenters. The molecule has 0 amide bonds. The number of rotatable bonds is 3. The molecule has 0 saturated carbocycles. The van der Waals surface area contributed by atoms with Crippen molar-refractivity contribution in [2.75, 3.05) is 11.1 Å². The quantitative estimate of drug-likeness (QED) is 0.766. The van der Waals surface area contributed by atoms with Gasteiger partial charge in [-0.2, -0.15) is 4.39 Å². The van der Waals surface area contributed by atoms with Crippen molar-refractivity contribution in [3.8, 4) is 0 Å². The minimum Gasteiger partial charge on any atom is -0.381 e. The molecule has 3 rings (SSSR count). The number of hydrogen-bond donors (Lipinski definition) is 2. The van der Waals surface area contributed by atoms with E-state index in [1.54, 1.807) is 12.3 Å². The first kappa shape index (κ1) is 12.8. The summed E-state index contributed by atoms with van der Waals surface area (Å²) < 4.78 is 15.4. The first-order valence-electron chi connectivity index (χ1n) is 5.77. The van der Waals surface area contributed by atoms with E-state index < -0.39 is 5.95 Å². The molecule has 3 aromatic rings. The SMILES string of the molecule is Nc1ncc(Br)nc1NCc1ccc2ncc(F)n2c1. The van der Waals surface area contributed by atoms with Crippen molar-refractivity contribution in [2.45, 2.75) is 6.54 Å². The van der Waals surface area contributed by atoms with Crippen molar-refractivity contribution in [2.24, 2.45) is 0 Å². The molecule has 6 nitrogen and oxygen atoms in total. The van der Waals surface area contributed by atoms with Crippen LogP contribution >= 0.6 is 15.9 Å². The predicted octanol–water partition coefficient (Wildman–Crippen LogP) is 2.22. The first-order chi connectivity index (χ1) is 9.63. The van der Waals surface area contributed by atoms with E-state index in [9.17, 15) is 4.39 Å². The summed E-state index contributed by atoms with van der Waals surface area (Å²) >= 11 is 3.23. The van der Waals surface area contributed by atoms with Crippen LogP contribution in [0.3, 0.4) is 0 Å². The van der Waals surface area contributed by atoms with Crippen LogP contribution in [0.1, 0.15) is 5.56 Å². The Labute approximate surface area is 122 Å². The number of nitrogens with one attached hydrogen (secondary N) is 1. The monoisotopic (exact) mass is 336 g/mol. The van der Waals surface area contributed by atoms with Gasteiger partial charge in [0.1, 0.15) is 10.3 Å². The van der Waals surface area contributed by atoms with Gasteiger partial charge in [-0.1, -0.05) is 6.07 Å². The van der Waals surface area contributed by atoms with E-state index in [2.05, 4.69) is 36.2 Å². The lowest BCUT2D eigenvalue weighted by Crippen LogP contribution is -2.07. The topological polar surface area (TPSA) is 81.1 Å². The second-order valence-corrected chi connectivity index (χ2v) is 4.94. The molecule has 0 bridgehead atoms. The average Bonchev–Trinajstić information content (AvgIpc) is 2.81. The molecule has 102 valence electrons. The molecule has 0 unspecified atom stereocenters. The fourth-order valence-electron chi connectivity index (χ4n) is 1.79. The van der Waals surface area contributed by atoms with E-state index in [1.807, 2.05) is 6.07 Å². The van der Waals surface area contributed by atoms with Crippen LogP contribution in [0.2, 0.25) is 0 Å². The Morgan fingerprint density at radius 1 is 1.30 bits per heavy atom. The van der Waals surface area contributed by atoms with Gasteiger partial charge in [-0.05, 0) is 27.6 Å². The molecule has 0 fully saturated rings. The summed E-state index contributed by atoms with van der Waals surface area (Å²) in [4.78, 5) is 12.1. The first-order valence-corrected chi connectivity index (χ1v) is 6.56. The lowest BCUT2D eigenvalue weighted by atomic mass is 10.3. The summed E-state index contributed by atoms with van der Waals surface area (Å²) in [7, 11) is 0. The predicted molar refractivity (Wildman–Crippen MR) is 76.6 cm³/mol. The van der Waals surface area contributed by atoms with E-state index in [-0.39, 0.29) is 0 Å². The van der Waals surface area contributed by atoms with Gasteiger partial charge in [0.15, 0.2) is 11.6 Å². The highest BCUT2D eigenvalue weighted by Gasteiger charge is 2.05. The summed E-state index contributed by atoms with van der Waals surface area (Å²) in [6, 6.07) is 3.60. The lowest BCUT2D eigenvalue weighted by Gasteiger charge is -2.08. The molecule has 20 heavy (non-hydrogen) atoms. The van der Waals surface area contributed by atoms with Crippen molar-refractivity contribution in [1.29, 1.82) is 0 Å². The smallest absolute Gasteiger partial charge is 0.217 e. The van der Waals surface area contributed by atoms with Crippen LogP contribution in [0.4, 0.5) is 16.0 Å². The molecule has 0 aliphatic carbocycles. The van der Waals surface area contributed by atoms with Crippen molar-refractivity contribution in [3.05, 3.63) is 46.8 Å². The third kappa shape index (κ3) is 2.42. The minimum atomic E-state index is -0.399. The number of hydrogen-bond acceptors (Lipinski definition) is 5. The van der Waals surface area contributed by atoms with E-state index >= 15 is 0 Å². The Morgan fingerprint density at radius 3 is 3.00 bits per heavy atom. The molecule has 0 aromatic carbocycles. The maximum atomic E-state index is 13.4. The van der Waals surface area contributed by atoms with E-state index in [0.717, 1.165) is 5.56 Å². The fourth-order valence-corrected chi connectivity index (χ4v) is 2.07. The number of nitrogens with zero attached hydrogens (tertiary/aromatic N) is 4. The highest BCUT2D eigenvalue weighted by molar-refractivity contribution is 9.10. The third-order valence-corrected chi connectivity index (χ3v) is 3.14. The van der Waals surface area contributed by atoms with Gasteiger partial charge < -0.3 is 11.1 Å². The number of nitrogen functional groups attached to an aromatic ring is 1. The zero-order valence-electron chi connectivity index (χ0n) is 10.2. The van der Waals surface area contributed by atoms with Crippen LogP contribution in [-0.4, -0.2) is 19.4 Å². The maximum Gasteiger partial charge on any atom is 0.217 e. The Hall–Kier alpha value is -2.22. The largest absolute Gasteiger partial charge is 0.381 e. The van der Waals surface area contributed by atoms with Crippen LogP contribution in [0.25, 0.3) is 5.65 Å². The molecule has 3 N–H and O–H groups in total. The van der Waals surface area contributed by atoms with E-state index in [4.69, 9.17) is 5.73 Å². The van der Waals surface area contributed by atoms with Crippen LogP contribution in [0, 0.1) is 5.95 Å². The minimum absolute atomic E-state index is 0.308. The third-order valence-electron chi connectivity index (χ3n) is 2.75. The summed E-state index contributed by atoms with van der Waals surface area (Å²) in [5.74, 6) is 0.386. The number of nitrogens with two attached hydrogens (primary N) is 1. The number of halogens is 2. The van der Waals surface area contributed by atoms with Crippen LogP contribution in [0.15, 0.2) is 35.3 Å². The Balaban J connectivity index is 1.82. The van der Waals surface area contributed by atoms with Crippen molar-refractivity contribution in [3.63, 3.8) is 0 Å². The van der Waals surface area contributed by atoms with Gasteiger partial charge in [0.05, 0.1) is 12.4 Å². The summed E-state index contributed by atoms with van der Waals surface area (Å²) in [5.41, 5.74) is 7.15. The number of pyridine rings is 1. The number of fused-ring (bicyclic) bond motifs is 1. The molecule has 0 aliphatic rings. The fraction of sp³-hybridized carbons (Fsp3) is 0.0833. The zero-order chi connectivity index (χ0) is 14.1. The number of aromatic nitrogens is 4. The molecule has 8 heteroatoms. The maximum absolute atomic E-state index is 13.4. The van der Waals surface area contributed by atoms with E-state index in [1.165, 1.54) is 16.8 Å². The molecule has 3 aromatic heterocycles. The summed E-state index contributed by atoms with van der Waals surface area (Å²) in [6.45, 7) is 0.447. The molecule has 0 aliphatic heterocycles. The highest BCUT2D eigenvalue weighted by atomic mass is 79.9. The average molecular weight is 337 g/mol. The number of imidazole rings is 1. The van der Waals surface area contributed by atoms with Crippen LogP contribution in [0.5, 0.6) is 0 Å². The summed E-state index contributed by atoms with van der Waals surface area (Å²) in [5, 5.41) is 3.06. The Morgan fingerprint density at radius 2 is 2.15 bits per heavy atom. The second-order valence-electron chi connectivity index (χ2n) is 4.13. The van der Waals surface area contributed by atoms with E-state index in [0.29, 0.717) is 28.4 Å². The lowest BCUT2D eigenvalue weighted by molar-refractivity contribution is 0.572. The van der Waals surface area contributed by atoms with Gasteiger partial charge in [0.2, 0.25) is 5.95 Å². The van der Waals surface area contributed by atoms with Crippen LogP contribution < -0.4 is 11.1 Å². The Kier molecular flexibility index (Phi) is 3.23. The molecule has 0 spiro atoms. The zero-order valence-corrected chi connectivity index (χ0v) is 11.8. The van der Waals surface area contributed by atoms with Gasteiger partial charge in [-0.25, -0.2) is 15.0 Å². The highest BCUT2D eigenvalue weighted by Crippen LogP contribution is 2.17. The van der Waals surface area contributed by atoms with Crippen LogP contribution in [-0.2, 0) is 6.54 Å². The molecule has 3 heterocycles. The Bertz CT molecular complexity index is 772. The molecule has 0 radical (unpaired) electrons. The van der Waals surface area contributed by atoms with Gasteiger partial charge in [0.25, 0.3) is 0 Å². The van der Waals surface area contributed by atoms with Gasteiger partial charge in [0, 0.05) is 12.7 Å². The van der Waals surface area contributed by atoms with Crippen molar-refractivity contribution >= 4 is 33.2 Å². The molecule has 0 saturated heterocycles. The molecular weight excluding hydrogens is 327 g/mol. The van der Waals surface area contributed by atoms with Gasteiger partial charge in [-0.3, -0.25) is 4.40 Å². The van der Waals surface area contributed by atoms with Gasteiger partial charge in [-0.15, -0.1) is 0 Å². The second kappa shape index (κ2) is 5.04. The normalized spacial score (nSPS) is 10.9. The standard InChI is InChI=1S/C12H10BrFN6/c13-8-4-17-11(15)12(19-8)18-3-7-1-2-10-16-5-9(14)20(10)6-7/h1-2,4-6H,3H2,(H2,15,17)(H,18,19). The molecular formula is C12H10BrFN6. The van der Waals surface area contributed by atoms with Crippen molar-refractivity contribution < 1.29 is 4.39 Å².